The van der Waals surface area contributed by atoms with Crippen LogP contribution in [0.2, 0.25) is 0 Å². The molecule has 1 unspecified atom stereocenters. The number of carbonyl (C=O) groups excluding carboxylic acids is 1. The van der Waals surface area contributed by atoms with Crippen molar-refractivity contribution in [1.29, 1.82) is 0 Å². The fourth-order valence-corrected chi connectivity index (χ4v) is 2.30. The van der Waals surface area contributed by atoms with E-state index >= 15 is 0 Å². The Balaban J connectivity index is 1.97. The van der Waals surface area contributed by atoms with Crippen molar-refractivity contribution < 1.29 is 4.79 Å². The van der Waals surface area contributed by atoms with Gasteiger partial charge in [-0.15, -0.1) is 0 Å². The van der Waals surface area contributed by atoms with Crippen LogP contribution in [0.15, 0.2) is 24.3 Å². The summed E-state index contributed by atoms with van der Waals surface area (Å²) in [6.07, 6.45) is 2.23. The molecule has 0 heterocycles. The molecule has 3 heteroatoms. The normalized spacial score (nSPS) is 18.9. The summed E-state index contributed by atoms with van der Waals surface area (Å²) in [5, 5.41) is 2.94. The maximum absolute atomic E-state index is 11.7. The highest BCUT2D eigenvalue weighted by Gasteiger charge is 2.25. The Bertz CT molecular complexity index is 420. The van der Waals surface area contributed by atoms with Gasteiger partial charge in [0.2, 0.25) is 5.91 Å². The minimum Gasteiger partial charge on any atom is -0.354 e. The van der Waals surface area contributed by atoms with Gasteiger partial charge in [0.25, 0.3) is 0 Å². The number of nitrogens with one attached hydrogen (secondary N) is 1. The molecule has 1 aliphatic carbocycles. The fraction of sp³-hybridized carbons (Fsp3) is 0.500. The van der Waals surface area contributed by atoms with Crippen LogP contribution < -0.4 is 11.1 Å². The van der Waals surface area contributed by atoms with E-state index in [9.17, 15) is 4.79 Å². The molecule has 2 rings (SSSR count). The smallest absolute Gasteiger partial charge is 0.239 e. The van der Waals surface area contributed by atoms with E-state index in [1.807, 2.05) is 0 Å². The Morgan fingerprint density at radius 2 is 2.18 bits per heavy atom. The van der Waals surface area contributed by atoms with Crippen molar-refractivity contribution >= 4 is 5.91 Å². The third-order valence-corrected chi connectivity index (χ3v) is 3.35. The first-order chi connectivity index (χ1) is 7.98. The molecule has 0 bridgehead atoms. The lowest BCUT2D eigenvalue weighted by molar-refractivity contribution is -0.125. The molecule has 1 atom stereocenters. The van der Waals surface area contributed by atoms with Crippen molar-refractivity contribution in [3.05, 3.63) is 35.4 Å². The summed E-state index contributed by atoms with van der Waals surface area (Å²) in [5.74, 6) is 0.361. The Morgan fingerprint density at radius 3 is 2.88 bits per heavy atom. The highest BCUT2D eigenvalue weighted by atomic mass is 16.2. The summed E-state index contributed by atoms with van der Waals surface area (Å²) in [4.78, 5) is 11.7. The van der Waals surface area contributed by atoms with Gasteiger partial charge in [0.1, 0.15) is 0 Å². The minimum atomic E-state index is -0.794. The van der Waals surface area contributed by atoms with E-state index in [0.29, 0.717) is 12.5 Å². The standard InChI is InChI=1S/C14H20N2O/c1-14(2,15)13(17)16-9-11-8-7-10-5-3-4-6-12(10)11/h3-6,11H,7-9,15H2,1-2H3,(H,16,17). The van der Waals surface area contributed by atoms with Crippen molar-refractivity contribution in [2.24, 2.45) is 5.73 Å². The summed E-state index contributed by atoms with van der Waals surface area (Å²) >= 11 is 0. The lowest BCUT2D eigenvalue weighted by Crippen LogP contribution is -2.49. The van der Waals surface area contributed by atoms with E-state index < -0.39 is 5.54 Å². The molecule has 0 fully saturated rings. The van der Waals surface area contributed by atoms with E-state index in [4.69, 9.17) is 5.73 Å². The van der Waals surface area contributed by atoms with Crippen LogP contribution >= 0.6 is 0 Å². The first kappa shape index (κ1) is 12.1. The summed E-state index contributed by atoms with van der Waals surface area (Å²) < 4.78 is 0. The van der Waals surface area contributed by atoms with Gasteiger partial charge < -0.3 is 11.1 Å². The molecule has 3 nitrogen and oxygen atoms in total. The second-order valence-corrected chi connectivity index (χ2v) is 5.37. The molecular weight excluding hydrogens is 212 g/mol. The predicted molar refractivity (Wildman–Crippen MR) is 68.8 cm³/mol. The SMILES string of the molecule is CC(C)(N)C(=O)NCC1CCc2ccccc21. The van der Waals surface area contributed by atoms with Gasteiger partial charge >= 0.3 is 0 Å². The maximum Gasteiger partial charge on any atom is 0.239 e. The molecule has 0 saturated carbocycles. The predicted octanol–water partition coefficient (Wildman–Crippen LogP) is 1.57. The number of carbonyl (C=O) groups is 1. The second kappa shape index (κ2) is 4.49. The van der Waals surface area contributed by atoms with Crippen molar-refractivity contribution in [3.63, 3.8) is 0 Å². The van der Waals surface area contributed by atoms with E-state index in [2.05, 4.69) is 29.6 Å². The number of nitrogens with two attached hydrogens (primary N) is 1. The third-order valence-electron chi connectivity index (χ3n) is 3.35. The van der Waals surface area contributed by atoms with Crippen molar-refractivity contribution in [2.75, 3.05) is 6.54 Å². The largest absolute Gasteiger partial charge is 0.354 e. The van der Waals surface area contributed by atoms with Crippen LogP contribution in [0.3, 0.4) is 0 Å². The number of rotatable bonds is 3. The molecule has 0 aliphatic heterocycles. The van der Waals surface area contributed by atoms with Gasteiger partial charge in [-0.3, -0.25) is 4.79 Å². The quantitative estimate of drug-likeness (QED) is 0.831. The lowest BCUT2D eigenvalue weighted by Gasteiger charge is -2.20. The van der Waals surface area contributed by atoms with Crippen molar-refractivity contribution in [1.82, 2.24) is 5.32 Å². The number of benzene rings is 1. The monoisotopic (exact) mass is 232 g/mol. The van der Waals surface area contributed by atoms with E-state index in [-0.39, 0.29) is 5.91 Å². The van der Waals surface area contributed by atoms with E-state index in [0.717, 1.165) is 12.8 Å². The molecular formula is C14H20N2O. The molecule has 1 amide bonds. The van der Waals surface area contributed by atoms with Crippen LogP contribution in [0, 0.1) is 0 Å². The average Bonchev–Trinajstić information content (AvgIpc) is 2.68. The van der Waals surface area contributed by atoms with Crippen molar-refractivity contribution in [3.8, 4) is 0 Å². The lowest BCUT2D eigenvalue weighted by atomic mass is 10.0. The molecule has 1 aromatic rings. The topological polar surface area (TPSA) is 55.1 Å². The molecule has 3 N–H and O–H groups in total. The molecule has 1 aliphatic rings. The Labute approximate surface area is 102 Å². The molecule has 17 heavy (non-hydrogen) atoms. The number of amides is 1. The molecule has 0 spiro atoms. The van der Waals surface area contributed by atoms with Crippen LogP contribution in [-0.2, 0) is 11.2 Å². The maximum atomic E-state index is 11.7. The average molecular weight is 232 g/mol. The fourth-order valence-electron chi connectivity index (χ4n) is 2.30. The van der Waals surface area contributed by atoms with Gasteiger partial charge in [-0.1, -0.05) is 24.3 Å². The number of aryl methyl sites for hydroxylation is 1. The first-order valence-corrected chi connectivity index (χ1v) is 6.13. The molecule has 0 saturated heterocycles. The highest BCUT2D eigenvalue weighted by Crippen LogP contribution is 2.32. The Kier molecular flexibility index (Phi) is 3.20. The molecule has 0 aromatic heterocycles. The van der Waals surface area contributed by atoms with Gasteiger partial charge in [0, 0.05) is 12.5 Å². The van der Waals surface area contributed by atoms with Gasteiger partial charge in [0.15, 0.2) is 0 Å². The molecule has 92 valence electrons. The summed E-state index contributed by atoms with van der Waals surface area (Å²) in [5.41, 5.74) is 7.75. The zero-order valence-electron chi connectivity index (χ0n) is 10.5. The Morgan fingerprint density at radius 1 is 1.47 bits per heavy atom. The third kappa shape index (κ3) is 2.67. The van der Waals surface area contributed by atoms with Crippen LogP contribution in [0.1, 0.15) is 37.3 Å². The van der Waals surface area contributed by atoms with Gasteiger partial charge in [-0.05, 0) is 37.8 Å². The van der Waals surface area contributed by atoms with Crippen LogP contribution in [0.4, 0.5) is 0 Å². The zero-order chi connectivity index (χ0) is 12.5. The minimum absolute atomic E-state index is 0.0816. The van der Waals surface area contributed by atoms with Gasteiger partial charge in [-0.2, -0.15) is 0 Å². The highest BCUT2D eigenvalue weighted by molar-refractivity contribution is 5.85. The summed E-state index contributed by atoms with van der Waals surface area (Å²) in [7, 11) is 0. The molecule has 0 radical (unpaired) electrons. The Hall–Kier alpha value is -1.35. The van der Waals surface area contributed by atoms with E-state index in [1.165, 1.54) is 11.1 Å². The van der Waals surface area contributed by atoms with Crippen LogP contribution in [-0.4, -0.2) is 18.0 Å². The zero-order valence-corrected chi connectivity index (χ0v) is 10.5. The van der Waals surface area contributed by atoms with Crippen molar-refractivity contribution in [2.45, 2.75) is 38.1 Å². The van der Waals surface area contributed by atoms with Gasteiger partial charge in [0.05, 0.1) is 5.54 Å². The second-order valence-electron chi connectivity index (χ2n) is 5.37. The first-order valence-electron chi connectivity index (χ1n) is 6.13. The summed E-state index contributed by atoms with van der Waals surface area (Å²) in [6.45, 7) is 4.15. The number of hydrogen-bond acceptors (Lipinski definition) is 2. The number of fused-ring (bicyclic) bond motifs is 1. The number of hydrogen-bond donors (Lipinski definition) is 2. The van der Waals surface area contributed by atoms with Gasteiger partial charge in [-0.25, -0.2) is 0 Å². The van der Waals surface area contributed by atoms with Crippen LogP contribution in [0.25, 0.3) is 0 Å². The van der Waals surface area contributed by atoms with E-state index in [1.54, 1.807) is 13.8 Å². The molecule has 1 aromatic carbocycles. The summed E-state index contributed by atoms with van der Waals surface area (Å²) in [6, 6.07) is 8.46. The van der Waals surface area contributed by atoms with Crippen LogP contribution in [0.5, 0.6) is 0 Å².